The lowest BCUT2D eigenvalue weighted by Crippen LogP contribution is -2.34. The van der Waals surface area contributed by atoms with E-state index < -0.39 is 36.1 Å². The number of nitrogens with zero attached hydrogens (tertiary/aromatic N) is 1. The molecule has 0 aliphatic heterocycles. The Labute approximate surface area is 124 Å². The number of halogens is 3. The van der Waals surface area contributed by atoms with Crippen molar-refractivity contribution in [2.75, 3.05) is 6.54 Å². The average Bonchev–Trinajstić information content (AvgIpc) is 2.42. The van der Waals surface area contributed by atoms with Crippen molar-refractivity contribution >= 4 is 17.5 Å². The fourth-order valence-electron chi connectivity index (χ4n) is 1.54. The van der Waals surface area contributed by atoms with E-state index in [1.807, 2.05) is 0 Å². The minimum atomic E-state index is -4.69. The van der Waals surface area contributed by atoms with E-state index in [-0.39, 0.29) is 17.0 Å². The van der Waals surface area contributed by atoms with Gasteiger partial charge in [0, 0.05) is 0 Å². The summed E-state index contributed by atoms with van der Waals surface area (Å²) in [6, 6.07) is 1.58. The topological polar surface area (TPSA) is 109 Å². The van der Waals surface area contributed by atoms with Crippen LogP contribution in [0, 0.1) is 11.3 Å². The van der Waals surface area contributed by atoms with Gasteiger partial charge in [0.2, 0.25) is 5.91 Å². The van der Waals surface area contributed by atoms with Crippen LogP contribution in [0.1, 0.15) is 35.6 Å². The van der Waals surface area contributed by atoms with Crippen LogP contribution in [0.25, 0.3) is 0 Å². The molecule has 2 amide bonds. The van der Waals surface area contributed by atoms with Crippen LogP contribution in [0.15, 0.2) is 12.1 Å². The first-order chi connectivity index (χ1) is 10.0. The molecule has 6 nitrogen and oxygen atoms in total. The molecule has 0 aromatic carbocycles. The van der Waals surface area contributed by atoms with Crippen LogP contribution in [-0.4, -0.2) is 29.1 Å². The van der Waals surface area contributed by atoms with Gasteiger partial charge in [0.05, 0.1) is 23.5 Å². The number of aromatic nitrogens is 1. The van der Waals surface area contributed by atoms with Crippen molar-refractivity contribution in [1.82, 2.24) is 10.3 Å². The number of nitrogens with two attached hydrogens (primary N) is 1. The molecular formula is C13H15F3N4O2. The van der Waals surface area contributed by atoms with Crippen molar-refractivity contribution < 1.29 is 22.8 Å². The van der Waals surface area contributed by atoms with E-state index in [0.29, 0.717) is 6.07 Å². The number of hydrogen-bond donors (Lipinski definition) is 3. The van der Waals surface area contributed by atoms with Gasteiger partial charge in [0.1, 0.15) is 5.69 Å². The molecule has 1 rings (SSSR count). The molecule has 1 aromatic rings. The van der Waals surface area contributed by atoms with Gasteiger partial charge < -0.3 is 16.5 Å². The lowest BCUT2D eigenvalue weighted by atomic mass is 9.99. The summed E-state index contributed by atoms with van der Waals surface area (Å²) in [5, 5.41) is 9.99. The maximum absolute atomic E-state index is 12.7. The Morgan fingerprint density at radius 3 is 2.41 bits per heavy atom. The summed E-state index contributed by atoms with van der Waals surface area (Å²) in [6.07, 6.45) is -4.69. The Hall–Kier alpha value is -2.45. The Bertz CT molecular complexity index is 612. The highest BCUT2D eigenvalue weighted by molar-refractivity contribution is 6.08. The second-order valence-electron chi connectivity index (χ2n) is 4.81. The molecule has 0 saturated carbocycles. The van der Waals surface area contributed by atoms with Gasteiger partial charge in [-0.15, -0.1) is 0 Å². The van der Waals surface area contributed by atoms with Crippen LogP contribution < -0.4 is 11.1 Å². The van der Waals surface area contributed by atoms with Crippen LogP contribution in [0.4, 0.5) is 13.2 Å². The molecule has 0 aliphatic carbocycles. The first-order valence-electron chi connectivity index (χ1n) is 6.27. The molecule has 120 valence electrons. The molecule has 1 aromatic heterocycles. The zero-order valence-corrected chi connectivity index (χ0v) is 11.9. The van der Waals surface area contributed by atoms with Crippen LogP contribution >= 0.6 is 0 Å². The number of carbonyl (C=O) groups excluding carboxylic acids is 2. The Morgan fingerprint density at radius 2 is 1.95 bits per heavy atom. The first-order valence-corrected chi connectivity index (χ1v) is 6.27. The molecule has 22 heavy (non-hydrogen) atoms. The monoisotopic (exact) mass is 316 g/mol. The molecule has 0 fully saturated rings. The van der Waals surface area contributed by atoms with E-state index in [9.17, 15) is 22.8 Å². The quantitative estimate of drug-likeness (QED) is 0.713. The smallest absolute Gasteiger partial charge is 0.368 e. The SMILES string of the molecule is CC(C)C(=N)c1nc(C(F)(F)F)ccc1C(=O)NCC(N)=O. The zero-order chi connectivity index (χ0) is 17.1. The minimum absolute atomic E-state index is 0.213. The number of hydrogen-bond acceptors (Lipinski definition) is 4. The fourth-order valence-corrected chi connectivity index (χ4v) is 1.54. The number of primary amides is 1. The summed E-state index contributed by atoms with van der Waals surface area (Å²) >= 11 is 0. The average molecular weight is 316 g/mol. The summed E-state index contributed by atoms with van der Waals surface area (Å²) in [5.41, 5.74) is 2.89. The first kappa shape index (κ1) is 17.6. The van der Waals surface area contributed by atoms with Crippen LogP contribution in [0.2, 0.25) is 0 Å². The molecule has 0 saturated heterocycles. The number of alkyl halides is 3. The summed E-state index contributed by atoms with van der Waals surface area (Å²) in [7, 11) is 0. The number of carbonyl (C=O) groups is 2. The van der Waals surface area contributed by atoms with Crippen molar-refractivity contribution in [3.05, 3.63) is 29.1 Å². The van der Waals surface area contributed by atoms with Crippen LogP contribution in [0.5, 0.6) is 0 Å². The molecule has 0 bridgehead atoms. The van der Waals surface area contributed by atoms with Gasteiger partial charge in [-0.2, -0.15) is 13.2 Å². The van der Waals surface area contributed by atoms with Crippen molar-refractivity contribution in [3.63, 3.8) is 0 Å². The number of pyridine rings is 1. The van der Waals surface area contributed by atoms with Crippen molar-refractivity contribution in [1.29, 1.82) is 5.41 Å². The van der Waals surface area contributed by atoms with Gasteiger partial charge in [0.25, 0.3) is 5.91 Å². The van der Waals surface area contributed by atoms with Gasteiger partial charge in [-0.1, -0.05) is 13.8 Å². The normalized spacial score (nSPS) is 11.4. The standard InChI is InChI=1S/C13H15F3N4O2/c1-6(2)10(18)11-7(12(22)19-5-9(17)21)3-4-8(20-11)13(14,15)16/h3-4,6,18H,5H2,1-2H3,(H2,17,21)(H,19,22). The van der Waals surface area contributed by atoms with Gasteiger partial charge in [-0.25, -0.2) is 4.98 Å². The second-order valence-corrected chi connectivity index (χ2v) is 4.81. The van der Waals surface area contributed by atoms with E-state index in [2.05, 4.69) is 10.3 Å². The maximum atomic E-state index is 12.7. The summed E-state index contributed by atoms with van der Waals surface area (Å²) in [4.78, 5) is 26.0. The Kier molecular flexibility index (Phi) is 5.23. The van der Waals surface area contributed by atoms with Crippen LogP contribution in [-0.2, 0) is 11.0 Å². The lowest BCUT2D eigenvalue weighted by molar-refractivity contribution is -0.141. The third-order valence-electron chi connectivity index (χ3n) is 2.69. The maximum Gasteiger partial charge on any atom is 0.433 e. The Balaban J connectivity index is 3.29. The molecule has 0 aliphatic rings. The molecule has 0 spiro atoms. The number of amides is 2. The van der Waals surface area contributed by atoms with E-state index in [1.165, 1.54) is 0 Å². The van der Waals surface area contributed by atoms with Crippen molar-refractivity contribution in [2.45, 2.75) is 20.0 Å². The van der Waals surface area contributed by atoms with Crippen LogP contribution in [0.3, 0.4) is 0 Å². The second kappa shape index (κ2) is 6.54. The largest absolute Gasteiger partial charge is 0.433 e. The summed E-state index contributed by atoms with van der Waals surface area (Å²) < 4.78 is 38.2. The fraction of sp³-hybridized carbons (Fsp3) is 0.385. The van der Waals surface area contributed by atoms with Gasteiger partial charge in [-0.3, -0.25) is 9.59 Å². The molecular weight excluding hydrogens is 301 g/mol. The van der Waals surface area contributed by atoms with Gasteiger partial charge >= 0.3 is 6.18 Å². The van der Waals surface area contributed by atoms with Gasteiger partial charge in [-0.05, 0) is 18.1 Å². The highest BCUT2D eigenvalue weighted by Gasteiger charge is 2.34. The van der Waals surface area contributed by atoms with E-state index >= 15 is 0 Å². The molecule has 4 N–H and O–H groups in total. The number of nitrogens with one attached hydrogen (secondary N) is 2. The van der Waals surface area contributed by atoms with Crippen molar-refractivity contribution in [3.8, 4) is 0 Å². The van der Waals surface area contributed by atoms with E-state index in [4.69, 9.17) is 11.1 Å². The lowest BCUT2D eigenvalue weighted by Gasteiger charge is -2.14. The van der Waals surface area contributed by atoms with Gasteiger partial charge in [0.15, 0.2) is 0 Å². The van der Waals surface area contributed by atoms with E-state index in [1.54, 1.807) is 13.8 Å². The third kappa shape index (κ3) is 4.27. The van der Waals surface area contributed by atoms with E-state index in [0.717, 1.165) is 6.07 Å². The Morgan fingerprint density at radius 1 is 1.36 bits per heavy atom. The highest BCUT2D eigenvalue weighted by Crippen LogP contribution is 2.28. The predicted molar refractivity (Wildman–Crippen MR) is 72.4 cm³/mol. The molecule has 0 radical (unpaired) electrons. The zero-order valence-electron chi connectivity index (χ0n) is 11.9. The molecule has 1 heterocycles. The highest BCUT2D eigenvalue weighted by atomic mass is 19.4. The summed E-state index contributed by atoms with van der Waals surface area (Å²) in [6.45, 7) is 2.72. The predicted octanol–water partition coefficient (Wildman–Crippen LogP) is 1.34. The molecule has 0 unspecified atom stereocenters. The third-order valence-corrected chi connectivity index (χ3v) is 2.69. The molecule has 9 heteroatoms. The molecule has 0 atom stereocenters. The minimum Gasteiger partial charge on any atom is -0.368 e. The number of rotatable bonds is 5. The summed E-state index contributed by atoms with van der Waals surface area (Å²) in [5.74, 6) is -2.05. The van der Waals surface area contributed by atoms with Crippen molar-refractivity contribution in [2.24, 2.45) is 11.7 Å².